The van der Waals surface area contributed by atoms with Crippen molar-refractivity contribution >= 4 is 34.0 Å². The maximum atomic E-state index is 12.0. The number of aryl methyl sites for hydroxylation is 2. The van der Waals surface area contributed by atoms with Crippen LogP contribution in [0.5, 0.6) is 17.2 Å². The summed E-state index contributed by atoms with van der Waals surface area (Å²) in [5.41, 5.74) is 4.92. The molecule has 1 amide bonds. The first-order valence-corrected chi connectivity index (χ1v) is 9.93. The summed E-state index contributed by atoms with van der Waals surface area (Å²) in [5.74, 6) is -0.180. The molecule has 0 atom stereocenters. The number of carboxylic acids is 1. The first-order chi connectivity index (χ1) is 14.3. The van der Waals surface area contributed by atoms with Gasteiger partial charge in [0.15, 0.2) is 24.7 Å². The molecule has 0 unspecified atom stereocenters. The van der Waals surface area contributed by atoms with E-state index in [1.165, 1.54) is 6.21 Å². The fourth-order valence-electron chi connectivity index (χ4n) is 2.58. The van der Waals surface area contributed by atoms with E-state index in [0.29, 0.717) is 28.1 Å². The second-order valence-electron chi connectivity index (χ2n) is 6.25. The molecule has 0 heterocycles. The number of ether oxygens (including phenoxy) is 3. The van der Waals surface area contributed by atoms with E-state index in [-0.39, 0.29) is 12.4 Å². The first kappa shape index (κ1) is 23.2. The number of benzene rings is 2. The van der Waals surface area contributed by atoms with Crippen LogP contribution in [0.15, 0.2) is 39.9 Å². The van der Waals surface area contributed by atoms with Crippen LogP contribution in [0.4, 0.5) is 0 Å². The number of hydrazone groups is 1. The third kappa shape index (κ3) is 6.77. The lowest BCUT2D eigenvalue weighted by Crippen LogP contribution is -2.25. The van der Waals surface area contributed by atoms with E-state index in [2.05, 4.69) is 26.5 Å². The van der Waals surface area contributed by atoms with Gasteiger partial charge in [-0.05, 0) is 65.5 Å². The summed E-state index contributed by atoms with van der Waals surface area (Å²) in [7, 11) is 0. The Morgan fingerprint density at radius 2 is 1.77 bits per heavy atom. The van der Waals surface area contributed by atoms with Gasteiger partial charge in [-0.2, -0.15) is 5.10 Å². The topological polar surface area (TPSA) is 106 Å². The lowest BCUT2D eigenvalue weighted by Gasteiger charge is -2.13. The van der Waals surface area contributed by atoms with Crippen molar-refractivity contribution in [2.24, 2.45) is 5.10 Å². The lowest BCUT2D eigenvalue weighted by atomic mass is 10.1. The Balaban J connectivity index is 2.01. The van der Waals surface area contributed by atoms with Gasteiger partial charge in [-0.1, -0.05) is 18.2 Å². The normalized spacial score (nSPS) is 10.7. The van der Waals surface area contributed by atoms with Crippen LogP contribution in [0.2, 0.25) is 0 Å². The van der Waals surface area contributed by atoms with Gasteiger partial charge in [-0.3, -0.25) is 4.79 Å². The minimum absolute atomic E-state index is 0.168. The van der Waals surface area contributed by atoms with Crippen LogP contribution in [0.25, 0.3) is 0 Å². The van der Waals surface area contributed by atoms with Crippen molar-refractivity contribution in [1.82, 2.24) is 5.43 Å². The van der Waals surface area contributed by atoms with Crippen LogP contribution in [0, 0.1) is 13.8 Å². The molecule has 2 N–H and O–H groups in total. The van der Waals surface area contributed by atoms with Crippen LogP contribution in [0.1, 0.15) is 23.6 Å². The van der Waals surface area contributed by atoms with E-state index < -0.39 is 18.5 Å². The number of hydrogen-bond acceptors (Lipinski definition) is 6. The maximum absolute atomic E-state index is 12.0. The third-order valence-electron chi connectivity index (χ3n) is 3.83. The molecular weight excluding hydrogens is 456 g/mol. The number of halogens is 1. The van der Waals surface area contributed by atoms with Crippen LogP contribution >= 0.6 is 15.9 Å². The van der Waals surface area contributed by atoms with Crippen molar-refractivity contribution in [2.45, 2.75) is 20.8 Å². The van der Waals surface area contributed by atoms with Crippen molar-refractivity contribution in [3.63, 3.8) is 0 Å². The molecule has 0 aliphatic rings. The van der Waals surface area contributed by atoms with E-state index in [1.54, 1.807) is 19.1 Å². The minimum atomic E-state index is -1.10. The van der Waals surface area contributed by atoms with E-state index in [0.717, 1.165) is 11.1 Å². The lowest BCUT2D eigenvalue weighted by molar-refractivity contribution is -0.139. The average Bonchev–Trinajstić information content (AvgIpc) is 2.67. The molecule has 0 fully saturated rings. The largest absolute Gasteiger partial charge is 0.490 e. The number of carbonyl (C=O) groups is 2. The second kappa shape index (κ2) is 11.2. The van der Waals surface area contributed by atoms with Gasteiger partial charge in [0.05, 0.1) is 17.3 Å². The highest BCUT2D eigenvalue weighted by molar-refractivity contribution is 9.10. The number of nitrogens with one attached hydrogen (secondary N) is 1. The molecule has 2 rings (SSSR count). The van der Waals surface area contributed by atoms with E-state index in [4.69, 9.17) is 19.3 Å². The Kier molecular flexibility index (Phi) is 8.67. The summed E-state index contributed by atoms with van der Waals surface area (Å²) >= 11 is 3.34. The quantitative estimate of drug-likeness (QED) is 0.400. The molecule has 2 aromatic carbocycles. The van der Waals surface area contributed by atoms with Gasteiger partial charge in [0, 0.05) is 0 Å². The fraction of sp³-hybridized carbons (Fsp3) is 0.286. The summed E-state index contributed by atoms with van der Waals surface area (Å²) in [5, 5.41) is 12.7. The van der Waals surface area contributed by atoms with Crippen molar-refractivity contribution in [1.29, 1.82) is 0 Å². The minimum Gasteiger partial charge on any atom is -0.490 e. The highest BCUT2D eigenvalue weighted by Crippen LogP contribution is 2.36. The number of carbonyl (C=O) groups excluding carboxylic acids is 1. The Hall–Kier alpha value is -3.07. The maximum Gasteiger partial charge on any atom is 0.341 e. The van der Waals surface area contributed by atoms with E-state index >= 15 is 0 Å². The summed E-state index contributed by atoms with van der Waals surface area (Å²) in [4.78, 5) is 22.8. The molecule has 0 aliphatic heterocycles. The van der Waals surface area contributed by atoms with E-state index in [9.17, 15) is 9.59 Å². The van der Waals surface area contributed by atoms with E-state index in [1.807, 2.05) is 32.0 Å². The third-order valence-corrected chi connectivity index (χ3v) is 4.42. The van der Waals surface area contributed by atoms with Crippen molar-refractivity contribution in [3.05, 3.63) is 51.5 Å². The number of aliphatic carboxylic acids is 1. The Morgan fingerprint density at radius 3 is 2.40 bits per heavy atom. The first-order valence-electron chi connectivity index (χ1n) is 9.13. The zero-order valence-corrected chi connectivity index (χ0v) is 18.5. The van der Waals surface area contributed by atoms with Crippen LogP contribution in [0.3, 0.4) is 0 Å². The van der Waals surface area contributed by atoms with Crippen LogP contribution in [-0.4, -0.2) is 43.0 Å². The number of rotatable bonds is 10. The molecular formula is C21H23BrN2O6. The molecule has 2 aromatic rings. The van der Waals surface area contributed by atoms with Gasteiger partial charge in [0.1, 0.15) is 5.75 Å². The average molecular weight is 479 g/mol. The van der Waals surface area contributed by atoms with Gasteiger partial charge >= 0.3 is 5.97 Å². The fourth-order valence-corrected chi connectivity index (χ4v) is 3.15. The molecule has 9 heteroatoms. The molecule has 160 valence electrons. The smallest absolute Gasteiger partial charge is 0.341 e. The number of para-hydroxylation sites is 1. The zero-order valence-electron chi connectivity index (χ0n) is 16.9. The van der Waals surface area contributed by atoms with Gasteiger partial charge in [-0.15, -0.1) is 0 Å². The number of nitrogens with zero attached hydrogens (tertiary/aromatic N) is 1. The Morgan fingerprint density at radius 1 is 1.10 bits per heavy atom. The molecule has 0 bridgehead atoms. The van der Waals surface area contributed by atoms with Gasteiger partial charge in [0.2, 0.25) is 0 Å². The van der Waals surface area contributed by atoms with Crippen LogP contribution in [-0.2, 0) is 9.59 Å². The molecule has 0 spiro atoms. The number of carboxylic acid groups (broad SMARTS) is 1. The summed E-state index contributed by atoms with van der Waals surface area (Å²) < 4.78 is 16.9. The predicted octanol–water partition coefficient (Wildman–Crippen LogP) is 3.46. The number of amides is 1. The standard InChI is InChI=1S/C21H23BrN2O6/c1-4-28-17-9-15(8-16(22)21(17)30-12-19(26)27)10-23-24-18(25)11-29-20-13(2)6-5-7-14(20)3/h5-10H,4,11-12H2,1-3H3,(H,24,25)(H,26,27)/b23-10-. The molecule has 0 aliphatic carbocycles. The molecule has 30 heavy (non-hydrogen) atoms. The predicted molar refractivity (Wildman–Crippen MR) is 116 cm³/mol. The van der Waals surface area contributed by atoms with Crippen molar-refractivity contribution in [2.75, 3.05) is 19.8 Å². The molecule has 0 saturated heterocycles. The SMILES string of the molecule is CCOc1cc(/C=N\NC(=O)COc2c(C)cccc2C)cc(Br)c1OCC(=O)O. The van der Waals surface area contributed by atoms with Crippen molar-refractivity contribution < 1.29 is 28.9 Å². The zero-order chi connectivity index (χ0) is 22.1. The summed E-state index contributed by atoms with van der Waals surface area (Å²) in [6.45, 7) is 5.32. The highest BCUT2D eigenvalue weighted by atomic mass is 79.9. The molecule has 0 radical (unpaired) electrons. The molecule has 0 saturated carbocycles. The summed E-state index contributed by atoms with van der Waals surface area (Å²) in [6, 6.07) is 9.05. The van der Waals surface area contributed by atoms with Gasteiger partial charge in [-0.25, -0.2) is 10.2 Å². The van der Waals surface area contributed by atoms with Gasteiger partial charge < -0.3 is 19.3 Å². The number of hydrogen-bond donors (Lipinski definition) is 2. The second-order valence-corrected chi connectivity index (χ2v) is 7.10. The Bertz CT molecular complexity index is 925. The van der Waals surface area contributed by atoms with Gasteiger partial charge in [0.25, 0.3) is 5.91 Å². The summed E-state index contributed by atoms with van der Waals surface area (Å²) in [6.07, 6.45) is 1.44. The van der Waals surface area contributed by atoms with Crippen LogP contribution < -0.4 is 19.6 Å². The molecule has 0 aromatic heterocycles. The Labute approximate surface area is 183 Å². The highest BCUT2D eigenvalue weighted by Gasteiger charge is 2.13. The molecule has 8 nitrogen and oxygen atoms in total. The monoisotopic (exact) mass is 478 g/mol. The van der Waals surface area contributed by atoms with Crippen molar-refractivity contribution in [3.8, 4) is 17.2 Å².